The Hall–Kier alpha value is -2.27. The van der Waals surface area contributed by atoms with Crippen molar-refractivity contribution < 1.29 is 9.59 Å². The second-order valence-corrected chi connectivity index (χ2v) is 8.82. The van der Waals surface area contributed by atoms with Crippen molar-refractivity contribution in [1.82, 2.24) is 0 Å². The molecule has 1 fully saturated rings. The maximum Gasteiger partial charge on any atom is 0.238 e. The fraction of sp³-hybridized carbons (Fsp3) is 0.440. The Balaban J connectivity index is 1.70. The topological polar surface area (TPSA) is 49.4 Å². The molecular weight excluding hydrogens is 392 g/mol. The average Bonchev–Trinajstić information content (AvgIpc) is 3.15. The normalized spacial score (nSPS) is 16.1. The first kappa shape index (κ1) is 22.4. The Morgan fingerprint density at radius 1 is 1.07 bits per heavy atom. The van der Waals surface area contributed by atoms with Crippen LogP contribution in [0.1, 0.15) is 68.9 Å². The Morgan fingerprint density at radius 2 is 1.87 bits per heavy atom. The molecule has 2 amide bonds. The van der Waals surface area contributed by atoms with Crippen LogP contribution in [0.4, 0.5) is 11.4 Å². The molecule has 30 heavy (non-hydrogen) atoms. The third-order valence-electron chi connectivity index (χ3n) is 5.46. The number of anilines is 2. The van der Waals surface area contributed by atoms with Crippen molar-refractivity contribution in [2.24, 2.45) is 0 Å². The fourth-order valence-electron chi connectivity index (χ4n) is 3.86. The zero-order valence-electron chi connectivity index (χ0n) is 18.0. The fourth-order valence-corrected chi connectivity index (χ4v) is 5.02. The second kappa shape index (κ2) is 11.2. The molecule has 1 N–H and O–H groups in total. The SMILES string of the molecule is CCCCCCCC(=O)Nc1cccc([C@H]2SCC(=O)N2c2ccccc2CC)c1. The minimum absolute atomic E-state index is 0.0620. The van der Waals surface area contributed by atoms with Crippen LogP contribution < -0.4 is 10.2 Å². The molecule has 1 aliphatic rings. The number of para-hydroxylation sites is 1. The van der Waals surface area contributed by atoms with Crippen molar-refractivity contribution in [3.05, 3.63) is 59.7 Å². The quantitative estimate of drug-likeness (QED) is 0.454. The molecule has 2 aromatic carbocycles. The van der Waals surface area contributed by atoms with E-state index in [0.717, 1.165) is 36.2 Å². The van der Waals surface area contributed by atoms with E-state index < -0.39 is 0 Å². The minimum atomic E-state index is -0.0731. The summed E-state index contributed by atoms with van der Waals surface area (Å²) >= 11 is 1.64. The van der Waals surface area contributed by atoms with Gasteiger partial charge in [0.05, 0.1) is 5.75 Å². The lowest BCUT2D eigenvalue weighted by molar-refractivity contribution is -0.117. The first-order chi connectivity index (χ1) is 14.6. The number of hydrogen-bond donors (Lipinski definition) is 1. The summed E-state index contributed by atoms with van der Waals surface area (Å²) in [6, 6.07) is 16.0. The van der Waals surface area contributed by atoms with E-state index in [4.69, 9.17) is 0 Å². The van der Waals surface area contributed by atoms with Crippen LogP contribution >= 0.6 is 11.8 Å². The van der Waals surface area contributed by atoms with Gasteiger partial charge in [-0.05, 0) is 42.2 Å². The molecule has 5 heteroatoms. The summed E-state index contributed by atoms with van der Waals surface area (Å²) < 4.78 is 0. The average molecular weight is 425 g/mol. The monoisotopic (exact) mass is 424 g/mol. The number of carbonyl (C=O) groups is 2. The summed E-state index contributed by atoms with van der Waals surface area (Å²) in [6.45, 7) is 4.30. The van der Waals surface area contributed by atoms with Crippen molar-refractivity contribution in [3.63, 3.8) is 0 Å². The molecule has 3 rings (SSSR count). The Bertz CT molecular complexity index is 868. The predicted molar refractivity (Wildman–Crippen MR) is 127 cm³/mol. The summed E-state index contributed by atoms with van der Waals surface area (Å²) in [4.78, 5) is 27.0. The Morgan fingerprint density at radius 3 is 2.67 bits per heavy atom. The molecule has 0 unspecified atom stereocenters. The summed E-state index contributed by atoms with van der Waals surface area (Å²) in [5.74, 6) is 0.663. The molecule has 1 atom stereocenters. The van der Waals surface area contributed by atoms with Crippen LogP contribution in [0.15, 0.2) is 48.5 Å². The second-order valence-electron chi connectivity index (χ2n) is 7.75. The van der Waals surface area contributed by atoms with E-state index >= 15 is 0 Å². The Labute approximate surface area is 184 Å². The number of benzene rings is 2. The van der Waals surface area contributed by atoms with Gasteiger partial charge in [0, 0.05) is 17.8 Å². The summed E-state index contributed by atoms with van der Waals surface area (Å²) in [5, 5.41) is 2.96. The standard InChI is InChI=1S/C25H32N2O2S/c1-3-5-6-7-8-16-23(28)26-21-14-11-13-20(17-21)25-27(24(29)18-30-25)22-15-10-9-12-19(22)4-2/h9-15,17,25H,3-8,16,18H2,1-2H3,(H,26,28)/t25-/m1/s1. The summed E-state index contributed by atoms with van der Waals surface area (Å²) in [6.07, 6.45) is 7.11. The van der Waals surface area contributed by atoms with Gasteiger partial charge < -0.3 is 5.32 Å². The number of thioether (sulfide) groups is 1. The minimum Gasteiger partial charge on any atom is -0.326 e. The maximum absolute atomic E-state index is 12.7. The van der Waals surface area contributed by atoms with Crippen LogP contribution in [-0.2, 0) is 16.0 Å². The molecule has 0 aliphatic carbocycles. The zero-order chi connectivity index (χ0) is 21.3. The third-order valence-corrected chi connectivity index (χ3v) is 6.68. The van der Waals surface area contributed by atoms with Crippen molar-refractivity contribution in [1.29, 1.82) is 0 Å². The van der Waals surface area contributed by atoms with E-state index in [2.05, 4.69) is 25.2 Å². The predicted octanol–water partition coefficient (Wildman–Crippen LogP) is 6.33. The molecule has 0 spiro atoms. The van der Waals surface area contributed by atoms with Crippen LogP contribution in [0.2, 0.25) is 0 Å². The number of aryl methyl sites for hydroxylation is 1. The highest BCUT2D eigenvalue weighted by Gasteiger charge is 2.35. The number of hydrogen-bond acceptors (Lipinski definition) is 3. The van der Waals surface area contributed by atoms with Gasteiger partial charge in [-0.25, -0.2) is 0 Å². The van der Waals surface area contributed by atoms with Gasteiger partial charge in [-0.15, -0.1) is 11.8 Å². The first-order valence-electron chi connectivity index (χ1n) is 11.1. The lowest BCUT2D eigenvalue weighted by Crippen LogP contribution is -2.28. The van der Waals surface area contributed by atoms with Gasteiger partial charge in [0.1, 0.15) is 5.37 Å². The van der Waals surface area contributed by atoms with E-state index in [1.54, 1.807) is 11.8 Å². The lowest BCUT2D eigenvalue weighted by Gasteiger charge is -2.26. The smallest absolute Gasteiger partial charge is 0.238 e. The zero-order valence-corrected chi connectivity index (χ0v) is 18.8. The summed E-state index contributed by atoms with van der Waals surface area (Å²) in [7, 11) is 0. The van der Waals surface area contributed by atoms with Gasteiger partial charge in [0.2, 0.25) is 11.8 Å². The highest BCUT2D eigenvalue weighted by atomic mass is 32.2. The number of carbonyl (C=O) groups excluding carboxylic acids is 2. The third kappa shape index (κ3) is 5.66. The molecular formula is C25H32N2O2S. The largest absolute Gasteiger partial charge is 0.326 e. The molecule has 0 bridgehead atoms. The molecule has 160 valence electrons. The van der Waals surface area contributed by atoms with E-state index in [9.17, 15) is 9.59 Å². The number of amides is 2. The van der Waals surface area contributed by atoms with E-state index in [0.29, 0.717) is 12.2 Å². The molecule has 0 radical (unpaired) electrons. The maximum atomic E-state index is 12.7. The van der Waals surface area contributed by atoms with E-state index in [1.807, 2.05) is 47.4 Å². The molecule has 1 saturated heterocycles. The molecule has 4 nitrogen and oxygen atoms in total. The van der Waals surface area contributed by atoms with Crippen LogP contribution in [0.3, 0.4) is 0 Å². The highest BCUT2D eigenvalue weighted by Crippen LogP contribution is 2.43. The number of unbranched alkanes of at least 4 members (excludes halogenated alkanes) is 4. The van der Waals surface area contributed by atoms with Crippen LogP contribution in [-0.4, -0.2) is 17.6 Å². The molecule has 0 saturated carbocycles. The Kier molecular flexibility index (Phi) is 8.38. The summed E-state index contributed by atoms with van der Waals surface area (Å²) in [5.41, 5.74) is 4.00. The van der Waals surface area contributed by atoms with Gasteiger partial charge >= 0.3 is 0 Å². The number of nitrogens with zero attached hydrogens (tertiary/aromatic N) is 1. The van der Waals surface area contributed by atoms with E-state index in [-0.39, 0.29) is 17.2 Å². The van der Waals surface area contributed by atoms with Crippen molar-refractivity contribution in [2.75, 3.05) is 16.0 Å². The van der Waals surface area contributed by atoms with Gasteiger partial charge in [-0.1, -0.05) is 69.9 Å². The molecule has 0 aromatic heterocycles. The van der Waals surface area contributed by atoms with Crippen molar-refractivity contribution >= 4 is 35.0 Å². The van der Waals surface area contributed by atoms with E-state index in [1.165, 1.54) is 24.8 Å². The van der Waals surface area contributed by atoms with Crippen LogP contribution in [0.5, 0.6) is 0 Å². The van der Waals surface area contributed by atoms with Crippen LogP contribution in [0, 0.1) is 0 Å². The van der Waals surface area contributed by atoms with Gasteiger partial charge in [0.25, 0.3) is 0 Å². The van der Waals surface area contributed by atoms with Gasteiger partial charge in [0.15, 0.2) is 0 Å². The lowest BCUT2D eigenvalue weighted by atomic mass is 10.1. The van der Waals surface area contributed by atoms with Gasteiger partial charge in [-0.2, -0.15) is 0 Å². The number of rotatable bonds is 10. The van der Waals surface area contributed by atoms with Crippen LogP contribution in [0.25, 0.3) is 0 Å². The van der Waals surface area contributed by atoms with Crippen molar-refractivity contribution in [3.8, 4) is 0 Å². The number of nitrogens with one attached hydrogen (secondary N) is 1. The van der Waals surface area contributed by atoms with Crippen molar-refractivity contribution in [2.45, 2.75) is 64.2 Å². The highest BCUT2D eigenvalue weighted by molar-refractivity contribution is 8.00. The van der Waals surface area contributed by atoms with Gasteiger partial charge in [-0.3, -0.25) is 14.5 Å². The first-order valence-corrected chi connectivity index (χ1v) is 12.1. The molecule has 1 aliphatic heterocycles. The molecule has 1 heterocycles. The molecule has 2 aromatic rings.